The largest absolute Gasteiger partial charge is 0.493 e. The zero-order chi connectivity index (χ0) is 17.2. The zero-order valence-corrected chi connectivity index (χ0v) is 16.3. The highest BCUT2D eigenvalue weighted by Crippen LogP contribution is 2.36. The number of ether oxygens (including phenoxy) is 2. The van der Waals surface area contributed by atoms with Crippen molar-refractivity contribution in [1.29, 1.82) is 0 Å². The van der Waals surface area contributed by atoms with E-state index < -0.39 is 0 Å². The van der Waals surface area contributed by atoms with E-state index in [1.807, 2.05) is 12.1 Å². The Balaban J connectivity index is 2.80. The molecule has 0 saturated carbocycles. The lowest BCUT2D eigenvalue weighted by atomic mass is 10.1. The van der Waals surface area contributed by atoms with Crippen LogP contribution in [0.25, 0.3) is 0 Å². The van der Waals surface area contributed by atoms with Gasteiger partial charge in [-0.1, -0.05) is 13.8 Å². The number of methoxy groups -OCH3 is 2. The Morgan fingerprint density at radius 2 is 1.96 bits per heavy atom. The molecule has 5 nitrogen and oxygen atoms in total. The summed E-state index contributed by atoms with van der Waals surface area (Å²) in [5.41, 5.74) is 1.05. The number of aliphatic imine (C=N–C) groups is 1. The summed E-state index contributed by atoms with van der Waals surface area (Å²) < 4.78 is 11.6. The normalized spacial score (nSPS) is 11.5. The highest BCUT2D eigenvalue weighted by atomic mass is 79.9. The third-order valence-corrected chi connectivity index (χ3v) is 3.86. The number of rotatable bonds is 8. The standard InChI is InChI=1S/C17H28BrN3O2/c1-6-19-17(20-8-7-12(2)3)21-11-13-9-14(18)16(23-5)15(10-13)22-4/h9-10,12H,6-8,11H2,1-5H3,(H2,19,20,21). The Kier molecular flexibility index (Phi) is 8.84. The maximum absolute atomic E-state index is 5.37. The van der Waals surface area contributed by atoms with Gasteiger partial charge in [0.15, 0.2) is 17.5 Å². The summed E-state index contributed by atoms with van der Waals surface area (Å²) in [5.74, 6) is 2.90. The van der Waals surface area contributed by atoms with Gasteiger partial charge in [-0.2, -0.15) is 0 Å². The van der Waals surface area contributed by atoms with E-state index in [-0.39, 0.29) is 0 Å². The molecule has 0 radical (unpaired) electrons. The first-order valence-corrected chi connectivity index (χ1v) is 8.73. The molecular formula is C17H28BrN3O2. The fourth-order valence-electron chi connectivity index (χ4n) is 2.05. The summed E-state index contributed by atoms with van der Waals surface area (Å²) in [5, 5.41) is 6.62. The van der Waals surface area contributed by atoms with Crippen molar-refractivity contribution in [2.24, 2.45) is 10.9 Å². The number of guanidine groups is 1. The lowest BCUT2D eigenvalue weighted by molar-refractivity contribution is 0.352. The number of nitrogens with zero attached hydrogens (tertiary/aromatic N) is 1. The Bertz CT molecular complexity index is 519. The van der Waals surface area contributed by atoms with Crippen LogP contribution in [0.5, 0.6) is 11.5 Å². The molecule has 130 valence electrons. The minimum atomic E-state index is 0.565. The molecule has 0 aromatic heterocycles. The second-order valence-electron chi connectivity index (χ2n) is 5.62. The van der Waals surface area contributed by atoms with Crippen LogP contribution in [0.4, 0.5) is 0 Å². The molecule has 0 atom stereocenters. The van der Waals surface area contributed by atoms with Gasteiger partial charge in [0.1, 0.15) is 0 Å². The van der Waals surface area contributed by atoms with Gasteiger partial charge in [-0.3, -0.25) is 0 Å². The molecule has 0 heterocycles. The molecular weight excluding hydrogens is 358 g/mol. The van der Waals surface area contributed by atoms with Crippen molar-refractivity contribution >= 4 is 21.9 Å². The van der Waals surface area contributed by atoms with Crippen molar-refractivity contribution in [2.75, 3.05) is 27.3 Å². The lowest BCUT2D eigenvalue weighted by Crippen LogP contribution is -2.38. The summed E-state index contributed by atoms with van der Waals surface area (Å²) in [4.78, 5) is 4.63. The van der Waals surface area contributed by atoms with Gasteiger partial charge < -0.3 is 20.1 Å². The van der Waals surface area contributed by atoms with E-state index in [0.29, 0.717) is 24.0 Å². The van der Waals surface area contributed by atoms with Gasteiger partial charge in [0.05, 0.1) is 25.2 Å². The van der Waals surface area contributed by atoms with Crippen LogP contribution < -0.4 is 20.1 Å². The molecule has 0 saturated heterocycles. The van der Waals surface area contributed by atoms with Crippen LogP contribution in [0.1, 0.15) is 32.8 Å². The summed E-state index contributed by atoms with van der Waals surface area (Å²) >= 11 is 3.51. The number of benzene rings is 1. The molecule has 23 heavy (non-hydrogen) atoms. The van der Waals surface area contributed by atoms with E-state index in [4.69, 9.17) is 9.47 Å². The van der Waals surface area contributed by atoms with Gasteiger partial charge in [0.2, 0.25) is 0 Å². The molecule has 0 unspecified atom stereocenters. The van der Waals surface area contributed by atoms with E-state index in [1.165, 1.54) is 0 Å². The van der Waals surface area contributed by atoms with Gasteiger partial charge in [-0.15, -0.1) is 0 Å². The van der Waals surface area contributed by atoms with Crippen molar-refractivity contribution < 1.29 is 9.47 Å². The molecule has 1 aromatic carbocycles. The summed E-state index contributed by atoms with van der Waals surface area (Å²) in [6.07, 6.45) is 1.12. The minimum absolute atomic E-state index is 0.565. The van der Waals surface area contributed by atoms with Gasteiger partial charge in [0.25, 0.3) is 0 Å². The minimum Gasteiger partial charge on any atom is -0.493 e. The number of hydrogen-bond donors (Lipinski definition) is 2. The monoisotopic (exact) mass is 385 g/mol. The maximum Gasteiger partial charge on any atom is 0.191 e. The molecule has 0 bridgehead atoms. The Morgan fingerprint density at radius 1 is 1.22 bits per heavy atom. The van der Waals surface area contributed by atoms with Crippen LogP contribution in [0.15, 0.2) is 21.6 Å². The van der Waals surface area contributed by atoms with E-state index in [0.717, 1.165) is 35.5 Å². The van der Waals surface area contributed by atoms with Crippen molar-refractivity contribution in [3.63, 3.8) is 0 Å². The Labute approximate surface area is 148 Å². The van der Waals surface area contributed by atoms with Gasteiger partial charge in [-0.05, 0) is 52.9 Å². The molecule has 0 fully saturated rings. The van der Waals surface area contributed by atoms with E-state index >= 15 is 0 Å². The maximum atomic E-state index is 5.37. The van der Waals surface area contributed by atoms with Crippen molar-refractivity contribution in [3.8, 4) is 11.5 Å². The second-order valence-corrected chi connectivity index (χ2v) is 6.47. The number of halogens is 1. The van der Waals surface area contributed by atoms with Crippen molar-refractivity contribution in [1.82, 2.24) is 10.6 Å². The third kappa shape index (κ3) is 6.69. The van der Waals surface area contributed by atoms with Crippen LogP contribution in [0.2, 0.25) is 0 Å². The molecule has 6 heteroatoms. The molecule has 1 aromatic rings. The lowest BCUT2D eigenvalue weighted by Gasteiger charge is -2.13. The van der Waals surface area contributed by atoms with E-state index in [9.17, 15) is 0 Å². The summed E-state index contributed by atoms with van der Waals surface area (Å²) in [6, 6.07) is 3.95. The highest BCUT2D eigenvalue weighted by molar-refractivity contribution is 9.10. The first-order valence-electron chi connectivity index (χ1n) is 7.94. The predicted octanol–water partition coefficient (Wildman–Crippen LogP) is 3.57. The fraction of sp³-hybridized carbons (Fsp3) is 0.588. The fourth-order valence-corrected chi connectivity index (χ4v) is 2.71. The Hall–Kier alpha value is -1.43. The molecule has 0 spiro atoms. The molecule has 0 aliphatic carbocycles. The van der Waals surface area contributed by atoms with Gasteiger partial charge >= 0.3 is 0 Å². The van der Waals surface area contributed by atoms with Gasteiger partial charge in [0, 0.05) is 13.1 Å². The van der Waals surface area contributed by atoms with E-state index in [1.54, 1.807) is 14.2 Å². The molecule has 0 amide bonds. The first kappa shape index (κ1) is 19.6. The quantitative estimate of drug-likeness (QED) is 0.530. The average molecular weight is 386 g/mol. The van der Waals surface area contributed by atoms with Crippen LogP contribution in [0.3, 0.4) is 0 Å². The molecule has 1 rings (SSSR count). The number of hydrogen-bond acceptors (Lipinski definition) is 3. The predicted molar refractivity (Wildman–Crippen MR) is 99.5 cm³/mol. The topological polar surface area (TPSA) is 54.9 Å². The molecule has 0 aliphatic heterocycles. The van der Waals surface area contributed by atoms with Gasteiger partial charge in [-0.25, -0.2) is 4.99 Å². The van der Waals surface area contributed by atoms with E-state index in [2.05, 4.69) is 52.3 Å². The highest BCUT2D eigenvalue weighted by Gasteiger charge is 2.10. The Morgan fingerprint density at radius 3 is 2.52 bits per heavy atom. The second kappa shape index (κ2) is 10.4. The first-order chi connectivity index (χ1) is 11.0. The van der Waals surface area contributed by atoms with Crippen LogP contribution in [-0.2, 0) is 6.54 Å². The third-order valence-electron chi connectivity index (χ3n) is 3.27. The van der Waals surface area contributed by atoms with Crippen molar-refractivity contribution in [2.45, 2.75) is 33.7 Å². The SMILES string of the molecule is CCNC(=NCc1cc(Br)c(OC)c(OC)c1)NCCC(C)C. The average Bonchev–Trinajstić information content (AvgIpc) is 2.51. The zero-order valence-electron chi connectivity index (χ0n) is 14.7. The summed E-state index contributed by atoms with van der Waals surface area (Å²) in [6.45, 7) is 8.81. The molecule has 0 aliphatic rings. The smallest absolute Gasteiger partial charge is 0.191 e. The molecule has 2 N–H and O–H groups in total. The summed E-state index contributed by atoms with van der Waals surface area (Å²) in [7, 11) is 3.26. The van der Waals surface area contributed by atoms with Crippen LogP contribution in [0, 0.1) is 5.92 Å². The number of nitrogens with one attached hydrogen (secondary N) is 2. The van der Waals surface area contributed by atoms with Crippen molar-refractivity contribution in [3.05, 3.63) is 22.2 Å². The van der Waals surface area contributed by atoms with Crippen LogP contribution >= 0.6 is 15.9 Å². The van der Waals surface area contributed by atoms with Crippen LogP contribution in [-0.4, -0.2) is 33.3 Å².